The maximum absolute atomic E-state index is 5.63. The minimum absolute atomic E-state index is 0.641. The van der Waals surface area contributed by atoms with Crippen molar-refractivity contribution in [1.82, 2.24) is 4.90 Å². The fourth-order valence-corrected chi connectivity index (χ4v) is 3.94. The third kappa shape index (κ3) is 2.32. The first-order valence-corrected chi connectivity index (χ1v) is 7.24. The normalized spacial score (nSPS) is 30.3. The Morgan fingerprint density at radius 3 is 2.39 bits per heavy atom. The van der Waals surface area contributed by atoms with Gasteiger partial charge in [0.15, 0.2) is 0 Å². The molecule has 0 aromatic heterocycles. The Labute approximate surface area is 110 Å². The van der Waals surface area contributed by atoms with Crippen LogP contribution in [-0.4, -0.2) is 18.0 Å². The molecule has 0 aliphatic heterocycles. The first kappa shape index (κ1) is 12.2. The zero-order valence-corrected chi connectivity index (χ0v) is 11.3. The van der Waals surface area contributed by atoms with E-state index in [1.165, 1.54) is 36.8 Å². The van der Waals surface area contributed by atoms with Crippen LogP contribution in [0.3, 0.4) is 0 Å². The molecule has 0 radical (unpaired) electrons. The van der Waals surface area contributed by atoms with Gasteiger partial charge >= 0.3 is 0 Å². The van der Waals surface area contributed by atoms with Gasteiger partial charge in [-0.2, -0.15) is 0 Å². The molecule has 2 heteroatoms. The van der Waals surface area contributed by atoms with Crippen LogP contribution in [0.25, 0.3) is 0 Å². The summed E-state index contributed by atoms with van der Waals surface area (Å²) in [6.45, 7) is 1.72. The van der Waals surface area contributed by atoms with Crippen LogP contribution in [0.5, 0.6) is 0 Å². The lowest BCUT2D eigenvalue weighted by Gasteiger charge is -2.31. The van der Waals surface area contributed by atoms with E-state index in [0.29, 0.717) is 6.54 Å². The van der Waals surface area contributed by atoms with Crippen LogP contribution in [0.4, 0.5) is 0 Å². The van der Waals surface area contributed by atoms with Crippen molar-refractivity contribution in [2.45, 2.75) is 44.8 Å². The predicted octanol–water partition coefficient (Wildman–Crippen LogP) is 2.77. The number of nitrogens with two attached hydrogens (primary N) is 1. The Hall–Kier alpha value is -0.860. The lowest BCUT2D eigenvalue weighted by molar-refractivity contribution is 0.169. The molecule has 2 bridgehead atoms. The Bertz CT molecular complexity index is 398. The molecule has 2 fully saturated rings. The largest absolute Gasteiger partial charge is 0.326 e. The quantitative estimate of drug-likeness (QED) is 0.882. The summed E-state index contributed by atoms with van der Waals surface area (Å²) >= 11 is 0. The van der Waals surface area contributed by atoms with Gasteiger partial charge in [0, 0.05) is 19.1 Å². The maximum atomic E-state index is 5.63. The van der Waals surface area contributed by atoms with Crippen molar-refractivity contribution in [3.8, 4) is 0 Å². The van der Waals surface area contributed by atoms with E-state index in [4.69, 9.17) is 5.73 Å². The average molecular weight is 244 g/mol. The third-order valence-electron chi connectivity index (χ3n) is 4.96. The van der Waals surface area contributed by atoms with Gasteiger partial charge in [-0.25, -0.2) is 0 Å². The van der Waals surface area contributed by atoms with E-state index in [-0.39, 0.29) is 0 Å². The molecule has 2 aliphatic rings. The second kappa shape index (κ2) is 5.02. The molecule has 1 aromatic rings. The molecule has 2 N–H and O–H groups in total. The zero-order chi connectivity index (χ0) is 12.5. The van der Waals surface area contributed by atoms with Gasteiger partial charge in [-0.1, -0.05) is 30.7 Å². The zero-order valence-electron chi connectivity index (χ0n) is 11.3. The van der Waals surface area contributed by atoms with E-state index in [0.717, 1.165) is 24.4 Å². The highest BCUT2D eigenvalue weighted by atomic mass is 15.1. The van der Waals surface area contributed by atoms with Gasteiger partial charge in [-0.15, -0.1) is 0 Å². The van der Waals surface area contributed by atoms with E-state index >= 15 is 0 Å². The number of rotatable bonds is 4. The van der Waals surface area contributed by atoms with E-state index in [1.807, 2.05) is 0 Å². The third-order valence-corrected chi connectivity index (χ3v) is 4.96. The van der Waals surface area contributed by atoms with Gasteiger partial charge in [0.1, 0.15) is 0 Å². The van der Waals surface area contributed by atoms with Crippen molar-refractivity contribution in [1.29, 1.82) is 0 Å². The second-order valence-corrected chi connectivity index (χ2v) is 6.18. The molecular weight excluding hydrogens is 220 g/mol. The minimum Gasteiger partial charge on any atom is -0.326 e. The maximum Gasteiger partial charge on any atom is 0.0233 e. The molecule has 0 spiro atoms. The summed E-state index contributed by atoms with van der Waals surface area (Å²) in [7, 11) is 2.29. The van der Waals surface area contributed by atoms with E-state index in [9.17, 15) is 0 Å². The van der Waals surface area contributed by atoms with E-state index < -0.39 is 0 Å². The van der Waals surface area contributed by atoms with Crippen molar-refractivity contribution in [3.05, 3.63) is 35.4 Å². The van der Waals surface area contributed by atoms with Crippen molar-refractivity contribution in [2.24, 2.45) is 17.6 Å². The SMILES string of the molecule is CN(Cc1ccc(CN)cc1)C1CC2CCC1C2. The standard InChI is InChI=1S/C16H24N2/c1-18(16-9-14-6-7-15(16)8-14)11-13-4-2-12(10-17)3-5-13/h2-5,14-16H,6-11,17H2,1H3. The Morgan fingerprint density at radius 2 is 1.83 bits per heavy atom. The molecule has 3 rings (SSSR count). The molecule has 0 saturated heterocycles. The molecule has 2 saturated carbocycles. The fourth-order valence-electron chi connectivity index (χ4n) is 3.94. The molecule has 0 amide bonds. The molecule has 0 heterocycles. The van der Waals surface area contributed by atoms with Gasteiger partial charge < -0.3 is 5.73 Å². The summed E-state index contributed by atoms with van der Waals surface area (Å²) in [5.74, 6) is 2.00. The van der Waals surface area contributed by atoms with Gasteiger partial charge in [0.2, 0.25) is 0 Å². The van der Waals surface area contributed by atoms with E-state index in [2.05, 4.69) is 36.2 Å². The molecule has 1 aromatic carbocycles. The highest BCUT2D eigenvalue weighted by molar-refractivity contribution is 5.22. The Kier molecular flexibility index (Phi) is 3.40. The second-order valence-electron chi connectivity index (χ2n) is 6.18. The number of hydrogen-bond acceptors (Lipinski definition) is 2. The van der Waals surface area contributed by atoms with Crippen LogP contribution < -0.4 is 5.73 Å². The highest BCUT2D eigenvalue weighted by Crippen LogP contribution is 2.46. The van der Waals surface area contributed by atoms with Gasteiger partial charge in [0.05, 0.1) is 0 Å². The number of nitrogens with zero attached hydrogens (tertiary/aromatic N) is 1. The monoisotopic (exact) mass is 244 g/mol. The lowest BCUT2D eigenvalue weighted by Crippen LogP contribution is -2.35. The van der Waals surface area contributed by atoms with Crippen LogP contribution in [0.15, 0.2) is 24.3 Å². The predicted molar refractivity (Wildman–Crippen MR) is 75.0 cm³/mol. The van der Waals surface area contributed by atoms with Crippen LogP contribution in [0.1, 0.15) is 36.8 Å². The average Bonchev–Trinajstić information content (AvgIpc) is 3.02. The van der Waals surface area contributed by atoms with E-state index in [1.54, 1.807) is 0 Å². The van der Waals surface area contributed by atoms with Crippen molar-refractivity contribution < 1.29 is 0 Å². The summed E-state index contributed by atoms with van der Waals surface area (Å²) in [5.41, 5.74) is 8.27. The molecule has 2 aliphatic carbocycles. The fraction of sp³-hybridized carbons (Fsp3) is 0.625. The summed E-state index contributed by atoms with van der Waals surface area (Å²) in [6, 6.07) is 9.60. The van der Waals surface area contributed by atoms with Crippen LogP contribution in [0.2, 0.25) is 0 Å². The van der Waals surface area contributed by atoms with Gasteiger partial charge in [0.25, 0.3) is 0 Å². The van der Waals surface area contributed by atoms with Crippen molar-refractivity contribution in [2.75, 3.05) is 7.05 Å². The molecule has 98 valence electrons. The van der Waals surface area contributed by atoms with Gasteiger partial charge in [-0.3, -0.25) is 4.90 Å². The molecule has 3 unspecified atom stereocenters. The minimum atomic E-state index is 0.641. The smallest absolute Gasteiger partial charge is 0.0233 e. The first-order valence-electron chi connectivity index (χ1n) is 7.24. The molecule has 3 atom stereocenters. The number of fused-ring (bicyclic) bond motifs is 2. The number of benzene rings is 1. The number of hydrogen-bond donors (Lipinski definition) is 1. The van der Waals surface area contributed by atoms with Crippen molar-refractivity contribution in [3.63, 3.8) is 0 Å². The highest BCUT2D eigenvalue weighted by Gasteiger charge is 2.41. The summed E-state index contributed by atoms with van der Waals surface area (Å²) in [5, 5.41) is 0. The topological polar surface area (TPSA) is 29.3 Å². The first-order chi connectivity index (χ1) is 8.76. The molecular formula is C16H24N2. The summed E-state index contributed by atoms with van der Waals surface area (Å²) in [4.78, 5) is 2.57. The summed E-state index contributed by atoms with van der Waals surface area (Å²) < 4.78 is 0. The van der Waals surface area contributed by atoms with Crippen LogP contribution in [-0.2, 0) is 13.1 Å². The van der Waals surface area contributed by atoms with Crippen LogP contribution in [0, 0.1) is 11.8 Å². The van der Waals surface area contributed by atoms with Crippen LogP contribution >= 0.6 is 0 Å². The van der Waals surface area contributed by atoms with Crippen molar-refractivity contribution >= 4 is 0 Å². The molecule has 2 nitrogen and oxygen atoms in total. The Morgan fingerprint density at radius 1 is 1.11 bits per heavy atom. The molecule has 18 heavy (non-hydrogen) atoms. The lowest BCUT2D eigenvalue weighted by atomic mass is 9.94. The Balaban J connectivity index is 1.61. The summed E-state index contributed by atoms with van der Waals surface area (Å²) in [6.07, 6.45) is 5.87. The van der Waals surface area contributed by atoms with Gasteiger partial charge in [-0.05, 0) is 49.3 Å².